The predicted molar refractivity (Wildman–Crippen MR) is 91.0 cm³/mol. The van der Waals surface area contributed by atoms with Gasteiger partial charge in [0.1, 0.15) is 11.3 Å². The van der Waals surface area contributed by atoms with E-state index >= 15 is 0 Å². The lowest BCUT2D eigenvalue weighted by molar-refractivity contribution is -0.132. The third kappa shape index (κ3) is 3.47. The third-order valence-electron chi connectivity index (χ3n) is 4.73. The molecule has 9 heteroatoms. The van der Waals surface area contributed by atoms with E-state index in [1.807, 2.05) is 0 Å². The second-order valence-corrected chi connectivity index (χ2v) is 8.32. The molecular formula is C16H22N4O4S. The number of furan rings is 1. The first-order valence-corrected chi connectivity index (χ1v) is 9.86. The average molecular weight is 366 g/mol. The van der Waals surface area contributed by atoms with Gasteiger partial charge >= 0.3 is 0 Å². The van der Waals surface area contributed by atoms with Crippen molar-refractivity contribution in [3.63, 3.8) is 0 Å². The molecule has 2 aromatic rings. The first kappa shape index (κ1) is 17.7. The van der Waals surface area contributed by atoms with E-state index in [1.54, 1.807) is 48.6 Å². The van der Waals surface area contributed by atoms with Crippen molar-refractivity contribution in [3.8, 4) is 0 Å². The van der Waals surface area contributed by atoms with Gasteiger partial charge in [-0.15, -0.1) is 0 Å². The predicted octanol–water partition coefficient (Wildman–Crippen LogP) is 0.933. The van der Waals surface area contributed by atoms with Crippen molar-refractivity contribution >= 4 is 15.9 Å². The van der Waals surface area contributed by atoms with E-state index in [0.717, 1.165) is 0 Å². The highest BCUT2D eigenvalue weighted by molar-refractivity contribution is 7.89. The van der Waals surface area contributed by atoms with Gasteiger partial charge < -0.3 is 14.3 Å². The number of hydrogen-bond donors (Lipinski definition) is 1. The van der Waals surface area contributed by atoms with Crippen LogP contribution in [0.3, 0.4) is 0 Å². The van der Waals surface area contributed by atoms with Crippen molar-refractivity contribution in [2.45, 2.75) is 31.8 Å². The van der Waals surface area contributed by atoms with E-state index in [9.17, 15) is 13.2 Å². The van der Waals surface area contributed by atoms with Crippen LogP contribution in [0.5, 0.6) is 0 Å². The maximum Gasteiger partial charge on any atom is 0.246 e. The van der Waals surface area contributed by atoms with Gasteiger partial charge in [0, 0.05) is 25.5 Å². The summed E-state index contributed by atoms with van der Waals surface area (Å²) in [5.74, 6) is 0.575. The maximum absolute atomic E-state index is 13.0. The summed E-state index contributed by atoms with van der Waals surface area (Å²) in [6.07, 6.45) is 7.32. The molecule has 1 aliphatic heterocycles. The Bertz CT molecular complexity index is 791. The normalized spacial score (nSPS) is 18.1. The van der Waals surface area contributed by atoms with Crippen LogP contribution >= 0.6 is 0 Å². The summed E-state index contributed by atoms with van der Waals surface area (Å²) in [5.41, 5.74) is -0.844. The van der Waals surface area contributed by atoms with Crippen LogP contribution in [0.15, 0.2) is 41.5 Å². The van der Waals surface area contributed by atoms with Crippen LogP contribution in [0.2, 0.25) is 0 Å². The Morgan fingerprint density at radius 3 is 2.72 bits per heavy atom. The molecule has 0 atom stereocenters. The lowest BCUT2D eigenvalue weighted by Gasteiger charge is -2.40. The Kier molecular flexibility index (Phi) is 4.96. The number of sulfonamides is 1. The SMILES string of the molecule is CCS(=O)(=O)N1CCC(C(=O)NCc2ccco2)(n2ccnc2)CC1. The van der Waals surface area contributed by atoms with Crippen LogP contribution in [-0.4, -0.2) is 47.0 Å². The molecule has 1 saturated heterocycles. The van der Waals surface area contributed by atoms with Crippen molar-refractivity contribution < 1.29 is 17.6 Å². The van der Waals surface area contributed by atoms with Gasteiger partial charge in [-0.25, -0.2) is 17.7 Å². The van der Waals surface area contributed by atoms with Crippen LogP contribution in [0.4, 0.5) is 0 Å². The summed E-state index contributed by atoms with van der Waals surface area (Å²) in [4.78, 5) is 17.0. The number of imidazole rings is 1. The fraction of sp³-hybridized carbons (Fsp3) is 0.500. The van der Waals surface area contributed by atoms with Gasteiger partial charge in [-0.05, 0) is 31.9 Å². The molecule has 0 aromatic carbocycles. The van der Waals surface area contributed by atoms with E-state index in [2.05, 4.69) is 10.3 Å². The number of nitrogens with one attached hydrogen (secondary N) is 1. The number of hydrogen-bond acceptors (Lipinski definition) is 5. The van der Waals surface area contributed by atoms with Gasteiger partial charge in [0.05, 0.1) is 24.9 Å². The van der Waals surface area contributed by atoms with E-state index in [1.165, 1.54) is 4.31 Å². The van der Waals surface area contributed by atoms with Crippen molar-refractivity contribution in [2.75, 3.05) is 18.8 Å². The standard InChI is InChI=1S/C16H22N4O4S/c1-2-25(22,23)20-8-5-16(6-9-20,19-10-7-17-13-19)15(21)18-12-14-4-3-11-24-14/h3-4,7,10-11,13H,2,5-6,8-9,12H2,1H3,(H,18,21). The second-order valence-electron chi connectivity index (χ2n) is 6.06. The van der Waals surface area contributed by atoms with Crippen molar-refractivity contribution in [3.05, 3.63) is 42.9 Å². The topological polar surface area (TPSA) is 97.4 Å². The van der Waals surface area contributed by atoms with Gasteiger partial charge in [0.15, 0.2) is 0 Å². The van der Waals surface area contributed by atoms with Crippen LogP contribution < -0.4 is 5.32 Å². The molecule has 0 bridgehead atoms. The molecule has 3 heterocycles. The minimum atomic E-state index is -3.25. The highest BCUT2D eigenvalue weighted by atomic mass is 32.2. The monoisotopic (exact) mass is 366 g/mol. The Morgan fingerprint density at radius 2 is 2.16 bits per heavy atom. The maximum atomic E-state index is 13.0. The minimum absolute atomic E-state index is 0.0652. The average Bonchev–Trinajstić information content (AvgIpc) is 3.33. The van der Waals surface area contributed by atoms with Crippen LogP contribution in [0, 0.1) is 0 Å². The summed E-state index contributed by atoms with van der Waals surface area (Å²) in [5, 5.41) is 2.90. The lowest BCUT2D eigenvalue weighted by Crippen LogP contribution is -2.55. The molecule has 0 saturated carbocycles. The Hall–Kier alpha value is -2.13. The Balaban J connectivity index is 1.78. The second kappa shape index (κ2) is 7.01. The summed E-state index contributed by atoms with van der Waals surface area (Å²) in [7, 11) is -3.25. The molecule has 1 aliphatic rings. The van der Waals surface area contributed by atoms with E-state index in [4.69, 9.17) is 4.42 Å². The van der Waals surface area contributed by atoms with Gasteiger partial charge in [-0.1, -0.05) is 0 Å². The summed E-state index contributed by atoms with van der Waals surface area (Å²) in [6, 6.07) is 3.56. The zero-order chi connectivity index (χ0) is 17.9. The molecule has 0 unspecified atom stereocenters. The zero-order valence-corrected chi connectivity index (χ0v) is 14.9. The lowest BCUT2D eigenvalue weighted by atomic mass is 9.87. The zero-order valence-electron chi connectivity index (χ0n) is 14.1. The van der Waals surface area contributed by atoms with Crippen LogP contribution in [-0.2, 0) is 26.9 Å². The molecule has 0 spiro atoms. The molecule has 25 heavy (non-hydrogen) atoms. The fourth-order valence-corrected chi connectivity index (χ4v) is 4.28. The van der Waals surface area contributed by atoms with Gasteiger partial charge in [-0.2, -0.15) is 0 Å². The smallest absolute Gasteiger partial charge is 0.246 e. The summed E-state index contributed by atoms with van der Waals surface area (Å²) >= 11 is 0. The molecule has 8 nitrogen and oxygen atoms in total. The number of amides is 1. The van der Waals surface area contributed by atoms with Crippen molar-refractivity contribution in [1.29, 1.82) is 0 Å². The quantitative estimate of drug-likeness (QED) is 0.820. The number of piperidine rings is 1. The van der Waals surface area contributed by atoms with Gasteiger partial charge in [0.2, 0.25) is 15.9 Å². The molecule has 3 rings (SSSR count). The Morgan fingerprint density at radius 1 is 1.40 bits per heavy atom. The molecule has 1 amide bonds. The van der Waals surface area contributed by atoms with E-state index in [-0.39, 0.29) is 11.7 Å². The molecular weight excluding hydrogens is 344 g/mol. The van der Waals surface area contributed by atoms with E-state index < -0.39 is 15.6 Å². The van der Waals surface area contributed by atoms with Crippen LogP contribution in [0.1, 0.15) is 25.5 Å². The molecule has 1 fully saturated rings. The summed E-state index contributed by atoms with van der Waals surface area (Å²) in [6.45, 7) is 2.54. The minimum Gasteiger partial charge on any atom is -0.467 e. The number of rotatable bonds is 6. The highest BCUT2D eigenvalue weighted by Crippen LogP contribution is 2.32. The Labute approximate surface area is 146 Å². The van der Waals surface area contributed by atoms with Crippen LogP contribution in [0.25, 0.3) is 0 Å². The largest absolute Gasteiger partial charge is 0.467 e. The van der Waals surface area contributed by atoms with Gasteiger partial charge in [-0.3, -0.25) is 4.79 Å². The van der Waals surface area contributed by atoms with Gasteiger partial charge in [0.25, 0.3) is 0 Å². The van der Waals surface area contributed by atoms with Crippen molar-refractivity contribution in [2.24, 2.45) is 0 Å². The fourth-order valence-electron chi connectivity index (χ4n) is 3.18. The highest BCUT2D eigenvalue weighted by Gasteiger charge is 2.44. The van der Waals surface area contributed by atoms with E-state index in [0.29, 0.717) is 38.2 Å². The molecule has 2 aromatic heterocycles. The number of carbonyl (C=O) groups excluding carboxylic acids is 1. The first-order valence-electron chi connectivity index (χ1n) is 8.25. The molecule has 136 valence electrons. The molecule has 0 radical (unpaired) electrons. The number of aromatic nitrogens is 2. The number of carbonyl (C=O) groups is 1. The molecule has 1 N–H and O–H groups in total. The molecule has 0 aliphatic carbocycles. The van der Waals surface area contributed by atoms with Crippen molar-refractivity contribution in [1.82, 2.24) is 19.2 Å². The first-order chi connectivity index (χ1) is 12.0. The number of nitrogens with zero attached hydrogens (tertiary/aromatic N) is 3. The summed E-state index contributed by atoms with van der Waals surface area (Å²) < 4.78 is 32.7. The third-order valence-corrected chi connectivity index (χ3v) is 6.61.